The minimum atomic E-state index is -3.82. The molecular weight excluding hydrogens is 435 g/mol. The molecule has 0 unspecified atom stereocenters. The molecule has 3 aromatic rings. The number of aromatic nitrogens is 2. The van der Waals surface area contributed by atoms with Crippen LogP contribution in [0, 0.1) is 5.82 Å². The van der Waals surface area contributed by atoms with Crippen LogP contribution < -0.4 is 9.88 Å². The van der Waals surface area contributed by atoms with Crippen molar-refractivity contribution in [2.24, 2.45) is 5.14 Å². The van der Waals surface area contributed by atoms with E-state index in [1.165, 1.54) is 29.2 Å². The fourth-order valence-electron chi connectivity index (χ4n) is 3.39. The van der Waals surface area contributed by atoms with Gasteiger partial charge < -0.3 is 14.2 Å². The van der Waals surface area contributed by atoms with Crippen molar-refractivity contribution in [3.63, 3.8) is 0 Å². The number of halogens is 1. The Hall–Kier alpha value is -2.98. The van der Waals surface area contributed by atoms with Crippen LogP contribution in [-0.2, 0) is 27.8 Å². The normalized spacial score (nSPS) is 11.6. The first-order chi connectivity index (χ1) is 15.2. The van der Waals surface area contributed by atoms with Gasteiger partial charge in [-0.1, -0.05) is 19.1 Å². The van der Waals surface area contributed by atoms with Crippen molar-refractivity contribution in [2.45, 2.75) is 37.6 Å². The number of fused-ring (bicyclic) bond motifs is 1. The first-order valence-corrected chi connectivity index (χ1v) is 11.9. The molecular formula is C22H27FN4O4S. The number of benzene rings is 2. The molecule has 1 amide bonds. The molecule has 2 aromatic carbocycles. The van der Waals surface area contributed by atoms with Gasteiger partial charge in [-0.05, 0) is 36.8 Å². The molecule has 0 aliphatic rings. The maximum atomic E-state index is 13.6. The molecule has 1 aromatic heterocycles. The van der Waals surface area contributed by atoms with E-state index in [0.717, 1.165) is 11.9 Å². The minimum Gasteiger partial charge on any atom is -0.489 e. The average molecular weight is 463 g/mol. The first kappa shape index (κ1) is 23.7. The van der Waals surface area contributed by atoms with Crippen LogP contribution in [0.1, 0.15) is 25.6 Å². The molecule has 8 nitrogen and oxygen atoms in total. The molecule has 0 aliphatic carbocycles. The molecule has 0 bridgehead atoms. The Morgan fingerprint density at radius 1 is 1.25 bits per heavy atom. The highest BCUT2D eigenvalue weighted by Crippen LogP contribution is 2.21. The van der Waals surface area contributed by atoms with Gasteiger partial charge >= 0.3 is 0 Å². The highest BCUT2D eigenvalue weighted by molar-refractivity contribution is 7.89. The van der Waals surface area contributed by atoms with Gasteiger partial charge in [-0.15, -0.1) is 0 Å². The molecule has 0 saturated heterocycles. The maximum Gasteiger partial charge on any atom is 0.238 e. The molecule has 0 aliphatic heterocycles. The van der Waals surface area contributed by atoms with Crippen molar-refractivity contribution in [3.05, 3.63) is 54.1 Å². The SMILES string of the molecule is CCCn1c(CCC(=O)N(C)CCOc2ccccc2F)nc2cc(S(N)(=O)=O)ccc21. The lowest BCUT2D eigenvalue weighted by molar-refractivity contribution is -0.130. The number of amides is 1. The van der Waals surface area contributed by atoms with Crippen LogP contribution in [0.2, 0.25) is 0 Å². The number of carbonyl (C=O) groups is 1. The number of aryl methyl sites for hydroxylation is 2. The number of imidazole rings is 1. The molecule has 32 heavy (non-hydrogen) atoms. The van der Waals surface area contributed by atoms with Crippen LogP contribution in [0.25, 0.3) is 11.0 Å². The summed E-state index contributed by atoms with van der Waals surface area (Å²) in [7, 11) is -2.16. The average Bonchev–Trinajstić information content (AvgIpc) is 3.09. The highest BCUT2D eigenvalue weighted by Gasteiger charge is 2.17. The quantitative estimate of drug-likeness (QED) is 0.498. The van der Waals surface area contributed by atoms with Crippen LogP contribution in [0.15, 0.2) is 47.4 Å². The summed E-state index contributed by atoms with van der Waals surface area (Å²) in [5, 5.41) is 5.22. The second-order valence-electron chi connectivity index (χ2n) is 7.47. The zero-order valence-electron chi connectivity index (χ0n) is 18.1. The van der Waals surface area contributed by atoms with Gasteiger partial charge in [0.1, 0.15) is 12.4 Å². The van der Waals surface area contributed by atoms with Crippen molar-refractivity contribution < 1.29 is 22.3 Å². The van der Waals surface area contributed by atoms with Crippen LogP contribution in [0.4, 0.5) is 4.39 Å². The number of para-hydroxylation sites is 1. The third kappa shape index (κ3) is 5.63. The summed E-state index contributed by atoms with van der Waals surface area (Å²) >= 11 is 0. The highest BCUT2D eigenvalue weighted by atomic mass is 32.2. The van der Waals surface area contributed by atoms with E-state index in [-0.39, 0.29) is 29.6 Å². The number of ether oxygens (including phenoxy) is 1. The van der Waals surface area contributed by atoms with E-state index in [4.69, 9.17) is 9.88 Å². The molecule has 0 atom stereocenters. The van der Waals surface area contributed by atoms with Crippen molar-refractivity contribution in [1.29, 1.82) is 0 Å². The van der Waals surface area contributed by atoms with Gasteiger partial charge in [-0.2, -0.15) is 0 Å². The predicted octanol–water partition coefficient (Wildman–Crippen LogP) is 2.70. The number of sulfonamides is 1. The van der Waals surface area contributed by atoms with E-state index in [1.54, 1.807) is 25.2 Å². The zero-order valence-corrected chi connectivity index (χ0v) is 18.9. The van der Waals surface area contributed by atoms with E-state index < -0.39 is 15.8 Å². The van der Waals surface area contributed by atoms with Gasteiger partial charge in [-0.25, -0.2) is 22.9 Å². The molecule has 172 valence electrons. The lowest BCUT2D eigenvalue weighted by atomic mass is 10.2. The number of primary sulfonamides is 1. The van der Waals surface area contributed by atoms with Crippen molar-refractivity contribution in [3.8, 4) is 5.75 Å². The smallest absolute Gasteiger partial charge is 0.238 e. The fourth-order valence-corrected chi connectivity index (χ4v) is 3.92. The summed E-state index contributed by atoms with van der Waals surface area (Å²) in [5.41, 5.74) is 1.33. The van der Waals surface area contributed by atoms with Crippen LogP contribution in [-0.4, -0.2) is 49.0 Å². The Labute approximate surface area is 186 Å². The standard InChI is InChI=1S/C22H27FN4O4S/c1-3-12-27-19-9-8-16(32(24,29)30)15-18(19)25-21(27)10-11-22(28)26(2)13-14-31-20-7-5-4-6-17(20)23/h4-9,15H,3,10-14H2,1-2H3,(H2,24,29,30). The maximum absolute atomic E-state index is 13.6. The Morgan fingerprint density at radius 2 is 2.00 bits per heavy atom. The van der Waals surface area contributed by atoms with E-state index in [2.05, 4.69) is 4.98 Å². The molecule has 0 radical (unpaired) electrons. The van der Waals surface area contributed by atoms with Gasteiger partial charge in [0.05, 0.1) is 22.5 Å². The lowest BCUT2D eigenvalue weighted by Gasteiger charge is -2.18. The number of nitrogens with zero attached hydrogens (tertiary/aromatic N) is 3. The van der Waals surface area contributed by atoms with E-state index in [9.17, 15) is 17.6 Å². The summed E-state index contributed by atoms with van der Waals surface area (Å²) in [6.45, 7) is 3.22. The van der Waals surface area contributed by atoms with Gasteiger partial charge in [-0.3, -0.25) is 4.79 Å². The van der Waals surface area contributed by atoms with Gasteiger partial charge in [0.15, 0.2) is 11.6 Å². The second-order valence-corrected chi connectivity index (χ2v) is 9.03. The van der Waals surface area contributed by atoms with Crippen molar-refractivity contribution in [1.82, 2.24) is 14.5 Å². The van der Waals surface area contributed by atoms with Gasteiger partial charge in [0, 0.05) is 26.4 Å². The van der Waals surface area contributed by atoms with E-state index in [1.807, 2.05) is 11.5 Å². The first-order valence-electron chi connectivity index (χ1n) is 10.3. The predicted molar refractivity (Wildman–Crippen MR) is 119 cm³/mol. The van der Waals surface area contributed by atoms with E-state index in [0.29, 0.717) is 30.9 Å². The third-order valence-corrected chi connectivity index (χ3v) is 5.99. The van der Waals surface area contributed by atoms with Crippen LogP contribution in [0.5, 0.6) is 5.75 Å². The number of likely N-dealkylation sites (N-methyl/N-ethyl adjacent to an activating group) is 1. The summed E-state index contributed by atoms with van der Waals surface area (Å²) in [6, 6.07) is 10.7. The number of carbonyl (C=O) groups excluding carboxylic acids is 1. The van der Waals surface area contributed by atoms with Gasteiger partial charge in [0.2, 0.25) is 15.9 Å². The zero-order chi connectivity index (χ0) is 23.3. The second kappa shape index (κ2) is 10.1. The van der Waals surface area contributed by atoms with Gasteiger partial charge in [0.25, 0.3) is 0 Å². The summed E-state index contributed by atoms with van der Waals surface area (Å²) < 4.78 is 44.3. The Balaban J connectivity index is 1.64. The van der Waals surface area contributed by atoms with E-state index >= 15 is 0 Å². The molecule has 0 saturated carbocycles. The fraction of sp³-hybridized carbons (Fsp3) is 0.364. The Morgan fingerprint density at radius 3 is 2.69 bits per heavy atom. The molecule has 2 N–H and O–H groups in total. The molecule has 1 heterocycles. The summed E-state index contributed by atoms with van der Waals surface area (Å²) in [6.07, 6.45) is 1.48. The number of hydrogen-bond donors (Lipinski definition) is 1. The minimum absolute atomic E-state index is 0.00311. The topological polar surface area (TPSA) is 108 Å². The molecule has 0 spiro atoms. The molecule has 3 rings (SSSR count). The van der Waals surface area contributed by atoms with Crippen molar-refractivity contribution >= 4 is 27.0 Å². The summed E-state index contributed by atoms with van der Waals surface area (Å²) in [5.74, 6) is 0.322. The molecule has 0 fully saturated rings. The number of hydrogen-bond acceptors (Lipinski definition) is 5. The third-order valence-electron chi connectivity index (χ3n) is 5.08. The number of rotatable bonds is 10. The monoisotopic (exact) mass is 462 g/mol. The Bertz CT molecular complexity index is 1210. The van der Waals surface area contributed by atoms with Crippen LogP contribution in [0.3, 0.4) is 0 Å². The lowest BCUT2D eigenvalue weighted by Crippen LogP contribution is -2.31. The van der Waals surface area contributed by atoms with Crippen molar-refractivity contribution in [2.75, 3.05) is 20.2 Å². The summed E-state index contributed by atoms with van der Waals surface area (Å²) in [4.78, 5) is 18.7. The largest absolute Gasteiger partial charge is 0.489 e. The molecule has 10 heteroatoms. The number of nitrogens with two attached hydrogens (primary N) is 1. The Kier molecular flexibility index (Phi) is 7.47. The van der Waals surface area contributed by atoms with Crippen LogP contribution >= 0.6 is 0 Å².